The summed E-state index contributed by atoms with van der Waals surface area (Å²) in [6.45, 7) is 3.68. The number of carbonyl (C=O) groups is 1. The molecule has 4 atom stereocenters. The van der Waals surface area contributed by atoms with E-state index in [4.69, 9.17) is 9.84 Å². The van der Waals surface area contributed by atoms with E-state index in [0.29, 0.717) is 0 Å². The molecule has 0 bridgehead atoms. The fourth-order valence-electron chi connectivity index (χ4n) is 2.07. The summed E-state index contributed by atoms with van der Waals surface area (Å²) >= 11 is 0. The molecule has 0 saturated carbocycles. The first-order valence-corrected chi connectivity index (χ1v) is 5.89. The minimum atomic E-state index is -0.898. The van der Waals surface area contributed by atoms with E-state index in [2.05, 4.69) is 5.32 Å². The second-order valence-electron chi connectivity index (χ2n) is 4.61. The molecule has 18 heavy (non-hydrogen) atoms. The maximum atomic E-state index is 12.8. The van der Waals surface area contributed by atoms with Crippen molar-refractivity contribution in [3.63, 3.8) is 0 Å². The molecule has 1 aromatic rings. The van der Waals surface area contributed by atoms with Crippen molar-refractivity contribution in [2.75, 3.05) is 0 Å². The van der Waals surface area contributed by atoms with Crippen LogP contribution in [0.2, 0.25) is 0 Å². The molecule has 1 heterocycles. The maximum Gasteiger partial charge on any atom is 0.321 e. The van der Waals surface area contributed by atoms with Crippen LogP contribution in [-0.4, -0.2) is 23.2 Å². The molecule has 4 nitrogen and oxygen atoms in total. The summed E-state index contributed by atoms with van der Waals surface area (Å²) in [5.41, 5.74) is 0.724. The molecule has 0 aromatic heterocycles. The highest BCUT2D eigenvalue weighted by Crippen LogP contribution is 2.28. The van der Waals surface area contributed by atoms with E-state index in [-0.39, 0.29) is 17.8 Å². The van der Waals surface area contributed by atoms with Crippen molar-refractivity contribution in [2.45, 2.75) is 32.2 Å². The number of hydrogen-bond donors (Lipinski definition) is 2. The number of carboxylic acids is 1. The lowest BCUT2D eigenvalue weighted by molar-refractivity contribution is -0.155. The molecular weight excluding hydrogens is 237 g/mol. The second kappa shape index (κ2) is 5.04. The van der Waals surface area contributed by atoms with Gasteiger partial charge in [-0.15, -0.1) is 0 Å². The van der Waals surface area contributed by atoms with Crippen molar-refractivity contribution in [2.24, 2.45) is 5.92 Å². The Balaban J connectivity index is 2.19. The van der Waals surface area contributed by atoms with Gasteiger partial charge in [-0.2, -0.15) is 0 Å². The van der Waals surface area contributed by atoms with Crippen LogP contribution in [-0.2, 0) is 9.53 Å². The van der Waals surface area contributed by atoms with Crippen molar-refractivity contribution in [1.82, 2.24) is 5.32 Å². The molecule has 2 rings (SSSR count). The zero-order valence-corrected chi connectivity index (χ0v) is 10.3. The number of nitrogens with one attached hydrogen (secondary N) is 1. The Morgan fingerprint density at radius 3 is 2.50 bits per heavy atom. The summed E-state index contributed by atoms with van der Waals surface area (Å²) in [4.78, 5) is 11.2. The molecule has 1 aliphatic rings. The molecule has 1 fully saturated rings. The first-order valence-electron chi connectivity index (χ1n) is 5.89. The van der Waals surface area contributed by atoms with Gasteiger partial charge in [0, 0.05) is 5.92 Å². The lowest BCUT2D eigenvalue weighted by Gasteiger charge is -2.38. The smallest absolute Gasteiger partial charge is 0.321 e. The van der Waals surface area contributed by atoms with Gasteiger partial charge in [-0.05, 0) is 24.6 Å². The highest BCUT2D eigenvalue weighted by Gasteiger charge is 2.37. The van der Waals surface area contributed by atoms with Crippen molar-refractivity contribution in [1.29, 1.82) is 0 Å². The zero-order chi connectivity index (χ0) is 13.3. The number of aliphatic carboxylic acids is 1. The minimum absolute atomic E-state index is 0.126. The van der Waals surface area contributed by atoms with Crippen LogP contribution >= 0.6 is 0 Å². The van der Waals surface area contributed by atoms with E-state index in [9.17, 15) is 9.18 Å². The number of carboxylic acid groups (broad SMARTS) is 1. The van der Waals surface area contributed by atoms with Crippen LogP contribution in [0.1, 0.15) is 25.6 Å². The molecule has 5 heteroatoms. The standard InChI is InChI=1S/C13H16FNO3/c1-7-8(2)18-12(15-11(7)13(16)17)9-3-5-10(14)6-4-9/h3-8,11-12,15H,1-2H3,(H,16,17)/t7-,8-,11-,12+/m0/s1. The zero-order valence-electron chi connectivity index (χ0n) is 10.3. The molecule has 0 unspecified atom stereocenters. The minimum Gasteiger partial charge on any atom is -0.480 e. The summed E-state index contributed by atoms with van der Waals surface area (Å²) in [6.07, 6.45) is -0.694. The predicted molar refractivity (Wildman–Crippen MR) is 63.4 cm³/mol. The van der Waals surface area contributed by atoms with E-state index in [1.807, 2.05) is 13.8 Å². The SMILES string of the molecule is C[C@H]1[C@H](C)O[C@H](c2ccc(F)cc2)N[C@@H]1C(=O)O. The van der Waals surface area contributed by atoms with E-state index in [0.717, 1.165) is 5.56 Å². The Bertz CT molecular complexity index is 434. The summed E-state index contributed by atoms with van der Waals surface area (Å²) in [5.74, 6) is -1.35. The molecular formula is C13H16FNO3. The highest BCUT2D eigenvalue weighted by molar-refractivity contribution is 5.74. The van der Waals surface area contributed by atoms with Crippen LogP contribution in [0.4, 0.5) is 4.39 Å². The quantitative estimate of drug-likeness (QED) is 0.845. The van der Waals surface area contributed by atoms with Gasteiger partial charge in [0.25, 0.3) is 0 Å². The average molecular weight is 253 g/mol. The Morgan fingerprint density at radius 1 is 1.33 bits per heavy atom. The van der Waals surface area contributed by atoms with E-state index < -0.39 is 18.2 Å². The Labute approximate surface area is 105 Å². The highest BCUT2D eigenvalue weighted by atomic mass is 19.1. The maximum absolute atomic E-state index is 12.8. The van der Waals surface area contributed by atoms with Gasteiger partial charge in [-0.1, -0.05) is 19.1 Å². The summed E-state index contributed by atoms with van der Waals surface area (Å²) in [6, 6.07) is 5.18. The van der Waals surface area contributed by atoms with E-state index in [1.54, 1.807) is 12.1 Å². The normalized spacial score (nSPS) is 32.2. The van der Waals surface area contributed by atoms with Crippen molar-refractivity contribution < 1.29 is 19.0 Å². The first-order chi connectivity index (χ1) is 8.49. The van der Waals surface area contributed by atoms with Crippen LogP contribution in [0.5, 0.6) is 0 Å². The molecule has 98 valence electrons. The monoisotopic (exact) mass is 253 g/mol. The summed E-state index contributed by atoms with van der Waals surface area (Å²) in [7, 11) is 0. The van der Waals surface area contributed by atoms with Crippen molar-refractivity contribution >= 4 is 5.97 Å². The number of rotatable bonds is 2. The van der Waals surface area contributed by atoms with Crippen LogP contribution < -0.4 is 5.32 Å². The van der Waals surface area contributed by atoms with Crippen LogP contribution in [0.25, 0.3) is 0 Å². The molecule has 1 aromatic carbocycles. The van der Waals surface area contributed by atoms with Crippen LogP contribution in [0.3, 0.4) is 0 Å². The third kappa shape index (κ3) is 2.52. The van der Waals surface area contributed by atoms with Gasteiger partial charge < -0.3 is 9.84 Å². The topological polar surface area (TPSA) is 58.6 Å². The lowest BCUT2D eigenvalue weighted by atomic mass is 9.94. The summed E-state index contributed by atoms with van der Waals surface area (Å²) < 4.78 is 18.6. The predicted octanol–water partition coefficient (Wildman–Crippen LogP) is 1.92. The Morgan fingerprint density at radius 2 is 1.94 bits per heavy atom. The number of halogens is 1. The van der Waals surface area contributed by atoms with Gasteiger partial charge in [-0.3, -0.25) is 10.1 Å². The average Bonchev–Trinajstić information content (AvgIpc) is 2.33. The van der Waals surface area contributed by atoms with Crippen LogP contribution in [0.15, 0.2) is 24.3 Å². The molecule has 0 radical (unpaired) electrons. The van der Waals surface area contributed by atoms with Gasteiger partial charge in [0.2, 0.25) is 0 Å². The van der Waals surface area contributed by atoms with Gasteiger partial charge in [0.1, 0.15) is 18.1 Å². The molecule has 1 aliphatic heterocycles. The second-order valence-corrected chi connectivity index (χ2v) is 4.61. The van der Waals surface area contributed by atoms with E-state index in [1.165, 1.54) is 12.1 Å². The van der Waals surface area contributed by atoms with E-state index >= 15 is 0 Å². The third-order valence-electron chi connectivity index (χ3n) is 3.39. The van der Waals surface area contributed by atoms with Crippen molar-refractivity contribution in [3.8, 4) is 0 Å². The lowest BCUT2D eigenvalue weighted by Crippen LogP contribution is -2.53. The molecule has 0 spiro atoms. The van der Waals surface area contributed by atoms with Gasteiger partial charge in [-0.25, -0.2) is 4.39 Å². The molecule has 0 aliphatic carbocycles. The fraction of sp³-hybridized carbons (Fsp3) is 0.462. The summed E-state index contributed by atoms with van der Waals surface area (Å²) in [5, 5.41) is 12.1. The number of hydrogen-bond acceptors (Lipinski definition) is 3. The van der Waals surface area contributed by atoms with Crippen molar-refractivity contribution in [3.05, 3.63) is 35.6 Å². The molecule has 0 amide bonds. The Kier molecular flexibility index (Phi) is 3.63. The first kappa shape index (κ1) is 13.0. The largest absolute Gasteiger partial charge is 0.480 e. The Hall–Kier alpha value is -1.46. The fourth-order valence-corrected chi connectivity index (χ4v) is 2.07. The third-order valence-corrected chi connectivity index (χ3v) is 3.39. The van der Waals surface area contributed by atoms with Crippen LogP contribution in [0, 0.1) is 11.7 Å². The molecule has 1 saturated heterocycles. The number of benzene rings is 1. The van der Waals surface area contributed by atoms with Gasteiger partial charge in [0.15, 0.2) is 0 Å². The van der Waals surface area contributed by atoms with Gasteiger partial charge in [0.05, 0.1) is 6.10 Å². The molecule has 2 N–H and O–H groups in total. The number of ether oxygens (including phenoxy) is 1. The van der Waals surface area contributed by atoms with Gasteiger partial charge >= 0.3 is 5.97 Å².